The summed E-state index contributed by atoms with van der Waals surface area (Å²) in [5, 5.41) is 46.3. The molecule has 2 aliphatic heterocycles. The zero-order valence-corrected chi connectivity index (χ0v) is 19.2. The van der Waals surface area contributed by atoms with E-state index in [9.17, 15) is 28.9 Å². The van der Waals surface area contributed by atoms with E-state index in [2.05, 4.69) is 8.83 Å². The fourth-order valence-corrected chi connectivity index (χ4v) is 4.44. The smallest absolute Gasteiger partial charge is 0.481 e. The highest BCUT2D eigenvalue weighted by Crippen LogP contribution is 2.57. The van der Waals surface area contributed by atoms with E-state index in [4.69, 9.17) is 39.5 Å². The van der Waals surface area contributed by atoms with Crippen LogP contribution in [0.4, 0.5) is 0 Å². The van der Waals surface area contributed by atoms with Crippen LogP contribution >= 0.6 is 15.6 Å². The van der Waals surface area contributed by atoms with Crippen molar-refractivity contribution in [2.45, 2.75) is 42.9 Å². The highest BCUT2D eigenvalue weighted by atomic mass is 31.3. The van der Waals surface area contributed by atoms with Crippen LogP contribution in [0.15, 0.2) is 34.2 Å². The van der Waals surface area contributed by atoms with Crippen molar-refractivity contribution >= 4 is 15.6 Å². The molecule has 3 heterocycles. The summed E-state index contributed by atoms with van der Waals surface area (Å²) in [6.07, 6.45) is -5.28. The van der Waals surface area contributed by atoms with E-state index in [0.717, 1.165) is 16.8 Å². The van der Waals surface area contributed by atoms with E-state index in [-0.39, 0.29) is 6.61 Å². The van der Waals surface area contributed by atoms with Crippen LogP contribution in [0, 0.1) is 0 Å². The Hall–Kier alpha value is -1.76. The van der Waals surface area contributed by atoms with Crippen LogP contribution in [0.5, 0.6) is 0 Å². The number of phosphoric ester groups is 1. The van der Waals surface area contributed by atoms with Gasteiger partial charge in [0.25, 0.3) is 5.56 Å². The maximum atomic E-state index is 11.7. The molecule has 35 heavy (non-hydrogen) atoms. The molecule has 8 atom stereocenters. The van der Waals surface area contributed by atoms with Gasteiger partial charge in [-0.3, -0.25) is 18.9 Å². The third kappa shape index (κ3) is 8.40. The van der Waals surface area contributed by atoms with Crippen LogP contribution < -0.4 is 11.2 Å². The van der Waals surface area contributed by atoms with Crippen molar-refractivity contribution in [2.75, 3.05) is 13.2 Å². The number of hydrogen-bond acceptors (Lipinski definition) is 13. The first-order chi connectivity index (χ1) is 16.1. The number of nitrogens with one attached hydrogen (secondary N) is 1. The summed E-state index contributed by atoms with van der Waals surface area (Å²) in [5.41, 5.74) is -1.65. The molecular weight excluding hydrogens is 526 g/mol. The van der Waals surface area contributed by atoms with E-state index < -0.39 is 76.4 Å². The molecule has 0 aromatic carbocycles. The molecule has 1 aromatic heterocycles. The summed E-state index contributed by atoms with van der Waals surface area (Å²) in [6.45, 7) is -1.19. The van der Waals surface area contributed by atoms with Gasteiger partial charge in [-0.25, -0.2) is 13.9 Å². The second kappa shape index (κ2) is 12.0. The minimum Gasteiger partial charge on any atom is -0.493 e. The predicted molar refractivity (Wildman–Crippen MR) is 109 cm³/mol. The highest BCUT2D eigenvalue weighted by Gasteiger charge is 2.45. The monoisotopic (exact) mass is 550 g/mol. The van der Waals surface area contributed by atoms with Crippen molar-refractivity contribution < 1.29 is 67.7 Å². The number of nitrogens with zero attached hydrogens (tertiary/aromatic N) is 1. The minimum atomic E-state index is -5.32. The van der Waals surface area contributed by atoms with Crippen molar-refractivity contribution in [1.29, 1.82) is 0 Å². The number of ether oxygens (including phenoxy) is 2. The summed E-state index contributed by atoms with van der Waals surface area (Å²) in [6, 6.07) is 0.962. The van der Waals surface area contributed by atoms with Gasteiger partial charge in [0.15, 0.2) is 6.23 Å². The van der Waals surface area contributed by atoms with Crippen LogP contribution in [0.25, 0.3) is 0 Å². The van der Waals surface area contributed by atoms with Crippen molar-refractivity contribution in [1.82, 2.24) is 9.55 Å². The number of aliphatic hydroxyl groups is 5. The fraction of sp³-hybridized carbons (Fsp3) is 0.600. The van der Waals surface area contributed by atoms with Crippen molar-refractivity contribution in [3.05, 3.63) is 45.4 Å². The lowest BCUT2D eigenvalue weighted by Crippen LogP contribution is -2.42. The first kappa shape index (κ1) is 29.5. The lowest BCUT2D eigenvalue weighted by Gasteiger charge is -2.26. The van der Waals surface area contributed by atoms with Crippen LogP contribution in [0.1, 0.15) is 6.23 Å². The highest BCUT2D eigenvalue weighted by molar-refractivity contribution is 7.60. The summed E-state index contributed by atoms with van der Waals surface area (Å²) >= 11 is 0. The Bertz CT molecular complexity index is 1080. The van der Waals surface area contributed by atoms with Crippen LogP contribution in [0.3, 0.4) is 0 Å². The molecule has 1 saturated heterocycles. The van der Waals surface area contributed by atoms with Gasteiger partial charge in [0, 0.05) is 12.3 Å². The molecule has 0 aliphatic carbocycles. The van der Waals surface area contributed by atoms with Gasteiger partial charge < -0.3 is 49.7 Å². The second-order valence-electron chi connectivity index (χ2n) is 7.07. The fourth-order valence-electron chi connectivity index (χ4n) is 2.84. The molecule has 0 amide bonds. The summed E-state index contributed by atoms with van der Waals surface area (Å²) in [7, 11) is -10.5. The van der Waals surface area contributed by atoms with Crippen molar-refractivity contribution in [2.24, 2.45) is 0 Å². The molecule has 1 unspecified atom stereocenters. The number of aromatic nitrogens is 2. The van der Waals surface area contributed by atoms with Gasteiger partial charge in [0.1, 0.15) is 36.6 Å². The molecule has 2 aliphatic rings. The molecule has 200 valence electrons. The van der Waals surface area contributed by atoms with Gasteiger partial charge in [0.05, 0.1) is 19.5 Å². The summed E-state index contributed by atoms with van der Waals surface area (Å²) < 4.78 is 40.4. The third-order valence-electron chi connectivity index (χ3n) is 4.51. The van der Waals surface area contributed by atoms with E-state index in [1.165, 1.54) is 12.3 Å². The number of phosphoric acid groups is 2. The Labute approximate surface area is 195 Å². The SMILES string of the molecule is O=c1ccn([C@@H]2O[C@H](COP(=O)(O)OP(=O)(O)O)[C@@H](O)[C@H]2O)c(=O)[nH]1.OC[C@H]1OC=C[C@@H](O)[C@@H]1O. The van der Waals surface area contributed by atoms with Crippen LogP contribution in [0.2, 0.25) is 0 Å². The topological polar surface area (TPSA) is 288 Å². The van der Waals surface area contributed by atoms with Gasteiger partial charge >= 0.3 is 21.3 Å². The lowest BCUT2D eigenvalue weighted by molar-refractivity contribution is -0.0808. The molecule has 20 heteroatoms. The van der Waals surface area contributed by atoms with E-state index >= 15 is 0 Å². The third-order valence-corrected chi connectivity index (χ3v) is 6.67. The summed E-state index contributed by atoms with van der Waals surface area (Å²) in [5.74, 6) is 0. The molecule has 1 aromatic rings. The average Bonchev–Trinajstić information content (AvgIpc) is 3.02. The molecule has 9 N–H and O–H groups in total. The Morgan fingerprint density at radius 3 is 2.23 bits per heavy atom. The van der Waals surface area contributed by atoms with Crippen molar-refractivity contribution in [3.63, 3.8) is 0 Å². The molecule has 0 radical (unpaired) electrons. The number of hydrogen-bond donors (Lipinski definition) is 9. The molecule has 3 rings (SSSR count). The molecular formula is C15H24N2O16P2. The quantitative estimate of drug-likeness (QED) is 0.146. The van der Waals surface area contributed by atoms with Gasteiger partial charge in [-0.05, 0) is 6.08 Å². The van der Waals surface area contributed by atoms with Gasteiger partial charge in [-0.1, -0.05) is 0 Å². The normalized spacial score (nSPS) is 32.3. The van der Waals surface area contributed by atoms with Gasteiger partial charge in [0.2, 0.25) is 0 Å². The van der Waals surface area contributed by atoms with Crippen LogP contribution in [-0.4, -0.2) is 99.6 Å². The summed E-state index contributed by atoms with van der Waals surface area (Å²) in [4.78, 5) is 50.7. The Morgan fingerprint density at radius 1 is 1.03 bits per heavy atom. The van der Waals surface area contributed by atoms with Gasteiger partial charge in [-0.2, -0.15) is 4.31 Å². The maximum absolute atomic E-state index is 11.7. The van der Waals surface area contributed by atoms with E-state index in [0.29, 0.717) is 0 Å². The Balaban J connectivity index is 0.000000360. The zero-order valence-electron chi connectivity index (χ0n) is 17.5. The standard InChI is InChI=1S/C9H14N2O12P2.C6H10O4/c12-5-1-2-11(9(15)10-5)8-7(14)6(13)4(22-8)3-21-25(19,20)23-24(16,17)18;7-3-5-6(9)4(8)1-2-10-5/h1-2,4,6-8,13-14H,3H2,(H,19,20)(H,10,12,15)(H2,16,17,18);1-2,4-9H,3H2/t4-,6-,7-,8-;4-,5-,6+/m11/s1. The molecule has 1 fully saturated rings. The Kier molecular flexibility index (Phi) is 10.1. The van der Waals surface area contributed by atoms with Crippen molar-refractivity contribution in [3.8, 4) is 0 Å². The first-order valence-corrected chi connectivity index (χ1v) is 12.5. The van der Waals surface area contributed by atoms with Crippen LogP contribution in [-0.2, 0) is 27.4 Å². The lowest BCUT2D eigenvalue weighted by atomic mass is 10.1. The minimum absolute atomic E-state index is 0.289. The van der Waals surface area contributed by atoms with E-state index in [1.54, 1.807) is 0 Å². The Morgan fingerprint density at radius 2 is 1.69 bits per heavy atom. The number of aliphatic hydroxyl groups excluding tert-OH is 5. The number of rotatable bonds is 7. The molecule has 0 spiro atoms. The maximum Gasteiger partial charge on any atom is 0.481 e. The largest absolute Gasteiger partial charge is 0.493 e. The second-order valence-corrected chi connectivity index (χ2v) is 9.90. The molecule has 18 nitrogen and oxygen atoms in total. The predicted octanol–water partition coefficient (Wildman–Crippen LogP) is -4.00. The molecule has 0 bridgehead atoms. The first-order valence-electron chi connectivity index (χ1n) is 9.51. The van der Waals surface area contributed by atoms with Gasteiger partial charge in [-0.15, -0.1) is 0 Å². The van der Waals surface area contributed by atoms with E-state index in [1.807, 2.05) is 4.98 Å². The zero-order chi connectivity index (χ0) is 26.6. The number of aromatic amines is 1. The average molecular weight is 550 g/mol. The molecule has 0 saturated carbocycles. The number of H-pyrrole nitrogens is 1.